The standard InChI is InChI=1S/C6H5N2O2S2/c9-6-5-4(1-11-3-12-5)7-2-8(6)10/h2H,1,3H2/q-1. The average molecular weight is 201 g/mol. The van der Waals surface area contributed by atoms with Gasteiger partial charge < -0.3 is 9.94 Å². The van der Waals surface area contributed by atoms with Crippen molar-refractivity contribution in [3.63, 3.8) is 0 Å². The zero-order valence-corrected chi connectivity index (χ0v) is 7.65. The van der Waals surface area contributed by atoms with Crippen LogP contribution < -0.4 is 5.56 Å². The highest BCUT2D eigenvalue weighted by molar-refractivity contribution is 8.16. The lowest BCUT2D eigenvalue weighted by Gasteiger charge is -2.16. The molecule has 0 N–H and O–H groups in total. The smallest absolute Gasteiger partial charge is 0.262 e. The van der Waals surface area contributed by atoms with Crippen LogP contribution >= 0.6 is 23.5 Å². The third kappa shape index (κ3) is 1.21. The van der Waals surface area contributed by atoms with E-state index in [0.29, 0.717) is 4.90 Å². The van der Waals surface area contributed by atoms with Gasteiger partial charge in [-0.2, -0.15) is 0 Å². The van der Waals surface area contributed by atoms with Gasteiger partial charge in [0.25, 0.3) is 5.56 Å². The van der Waals surface area contributed by atoms with E-state index in [1.807, 2.05) is 0 Å². The maximum Gasteiger partial charge on any atom is 0.262 e. The maximum atomic E-state index is 11.2. The molecule has 0 bridgehead atoms. The van der Waals surface area contributed by atoms with E-state index in [4.69, 9.17) is 0 Å². The average Bonchev–Trinajstić information content (AvgIpc) is 2.12. The zero-order valence-electron chi connectivity index (χ0n) is 6.02. The predicted molar refractivity (Wildman–Crippen MR) is 49.3 cm³/mol. The second kappa shape index (κ2) is 3.02. The minimum absolute atomic E-state index is 0.280. The highest BCUT2D eigenvalue weighted by Gasteiger charge is 2.14. The van der Waals surface area contributed by atoms with Gasteiger partial charge in [-0.3, -0.25) is 4.79 Å². The maximum absolute atomic E-state index is 11.2. The number of thioether (sulfide) groups is 2. The van der Waals surface area contributed by atoms with Gasteiger partial charge in [0.05, 0.1) is 16.9 Å². The second-order valence-corrected chi connectivity index (χ2v) is 4.60. The molecule has 0 atom stereocenters. The van der Waals surface area contributed by atoms with Gasteiger partial charge in [0.15, 0.2) is 0 Å². The minimum atomic E-state index is -0.467. The van der Waals surface area contributed by atoms with Gasteiger partial charge in [-0.1, -0.05) is 0 Å². The Hall–Kier alpha value is -0.620. The molecule has 0 spiro atoms. The van der Waals surface area contributed by atoms with E-state index in [1.54, 1.807) is 11.8 Å². The Morgan fingerprint density at radius 2 is 2.50 bits per heavy atom. The number of hydrogen-bond acceptors (Lipinski definition) is 5. The van der Waals surface area contributed by atoms with Crippen molar-refractivity contribution < 1.29 is 0 Å². The molecule has 1 aromatic rings. The molecule has 0 fully saturated rings. The molecule has 0 radical (unpaired) electrons. The van der Waals surface area contributed by atoms with Crippen LogP contribution in [0.1, 0.15) is 5.69 Å². The van der Waals surface area contributed by atoms with E-state index in [2.05, 4.69) is 4.98 Å². The predicted octanol–water partition coefficient (Wildman–Crippen LogP) is 0.886. The molecule has 64 valence electrons. The molecule has 0 aromatic carbocycles. The Balaban J connectivity index is 2.62. The Labute approximate surface area is 77.0 Å². The summed E-state index contributed by atoms with van der Waals surface area (Å²) >= 11 is 3.10. The first kappa shape index (κ1) is 8.00. The lowest BCUT2D eigenvalue weighted by Crippen LogP contribution is -2.21. The van der Waals surface area contributed by atoms with Crippen LogP contribution in [0.3, 0.4) is 0 Å². The molecule has 1 aliphatic rings. The summed E-state index contributed by atoms with van der Waals surface area (Å²) in [6.07, 6.45) is 1.04. The van der Waals surface area contributed by atoms with Crippen LogP contribution in [0.4, 0.5) is 0 Å². The van der Waals surface area contributed by atoms with Gasteiger partial charge in [-0.05, 0) is 0 Å². The summed E-state index contributed by atoms with van der Waals surface area (Å²) in [6, 6.07) is 0. The van der Waals surface area contributed by atoms with E-state index in [-0.39, 0.29) is 4.73 Å². The molecule has 0 unspecified atom stereocenters. The molecule has 6 heteroatoms. The number of rotatable bonds is 0. The van der Waals surface area contributed by atoms with Crippen molar-refractivity contribution in [2.75, 3.05) is 5.08 Å². The van der Waals surface area contributed by atoms with E-state index in [0.717, 1.165) is 22.9 Å². The normalized spacial score (nSPS) is 15.7. The summed E-state index contributed by atoms with van der Waals surface area (Å²) < 4.78 is 0.280. The fraction of sp³-hybridized carbons (Fsp3) is 0.333. The summed E-state index contributed by atoms with van der Waals surface area (Å²) in [5.41, 5.74) is 0.277. The minimum Gasteiger partial charge on any atom is -0.802 e. The second-order valence-electron chi connectivity index (χ2n) is 2.26. The fourth-order valence-corrected chi connectivity index (χ4v) is 3.09. The van der Waals surface area contributed by atoms with Crippen LogP contribution in [0.2, 0.25) is 0 Å². The first-order chi connectivity index (χ1) is 5.79. The van der Waals surface area contributed by atoms with Crippen LogP contribution in [0, 0.1) is 5.21 Å². The first-order valence-electron chi connectivity index (χ1n) is 3.27. The van der Waals surface area contributed by atoms with Crippen molar-refractivity contribution >= 4 is 23.5 Å². The molecular weight excluding hydrogens is 196 g/mol. The van der Waals surface area contributed by atoms with Gasteiger partial charge in [0.1, 0.15) is 0 Å². The topological polar surface area (TPSA) is 58.0 Å². The first-order valence-corrected chi connectivity index (χ1v) is 5.41. The van der Waals surface area contributed by atoms with Crippen molar-refractivity contribution in [2.45, 2.75) is 10.6 Å². The van der Waals surface area contributed by atoms with Crippen molar-refractivity contribution in [3.05, 3.63) is 27.6 Å². The molecule has 0 amide bonds. The molecule has 0 saturated carbocycles. The largest absolute Gasteiger partial charge is 0.802 e. The number of hydrogen-bond donors (Lipinski definition) is 0. The number of aromatic nitrogens is 2. The van der Waals surface area contributed by atoms with Gasteiger partial charge in [0.2, 0.25) is 0 Å². The van der Waals surface area contributed by atoms with E-state index in [1.165, 1.54) is 11.8 Å². The fourth-order valence-electron chi connectivity index (χ4n) is 0.944. The van der Waals surface area contributed by atoms with Gasteiger partial charge in [-0.25, -0.2) is 4.98 Å². The summed E-state index contributed by atoms with van der Waals surface area (Å²) in [7, 11) is 0. The lowest BCUT2D eigenvalue weighted by molar-refractivity contribution is 0.864. The van der Waals surface area contributed by atoms with Crippen molar-refractivity contribution in [1.82, 2.24) is 9.71 Å². The summed E-state index contributed by atoms with van der Waals surface area (Å²) in [4.78, 5) is 15.6. The Morgan fingerprint density at radius 3 is 3.33 bits per heavy atom. The molecule has 0 saturated heterocycles. The van der Waals surface area contributed by atoms with Crippen molar-refractivity contribution in [3.8, 4) is 0 Å². The molecule has 2 heterocycles. The molecule has 1 aliphatic heterocycles. The van der Waals surface area contributed by atoms with Gasteiger partial charge >= 0.3 is 0 Å². The van der Waals surface area contributed by atoms with Crippen molar-refractivity contribution in [2.24, 2.45) is 0 Å². The summed E-state index contributed by atoms with van der Waals surface area (Å²) in [5.74, 6) is 0.735. The molecule has 1 aromatic heterocycles. The SMILES string of the molecule is O=c1c2c(ncn1[O-])CSCS2. The van der Waals surface area contributed by atoms with E-state index < -0.39 is 5.56 Å². The van der Waals surface area contributed by atoms with E-state index >= 15 is 0 Å². The Bertz CT molecular complexity index is 363. The molecular formula is C6H5N2O2S2-. The molecule has 2 rings (SSSR count). The van der Waals surface area contributed by atoms with Gasteiger partial charge in [-0.15, -0.1) is 23.5 Å². The van der Waals surface area contributed by atoms with Crippen LogP contribution in [-0.4, -0.2) is 14.8 Å². The monoisotopic (exact) mass is 201 g/mol. The number of fused-ring (bicyclic) bond motifs is 1. The third-order valence-electron chi connectivity index (χ3n) is 1.50. The summed E-state index contributed by atoms with van der Waals surface area (Å²) in [6.45, 7) is 0. The Kier molecular flexibility index (Phi) is 2.02. The van der Waals surface area contributed by atoms with Crippen LogP contribution in [0.5, 0.6) is 0 Å². The van der Waals surface area contributed by atoms with Crippen LogP contribution in [0.25, 0.3) is 0 Å². The highest BCUT2D eigenvalue weighted by Crippen LogP contribution is 2.30. The molecule has 0 aliphatic carbocycles. The van der Waals surface area contributed by atoms with E-state index in [9.17, 15) is 10.0 Å². The number of nitrogens with zero attached hydrogens (tertiary/aromatic N) is 2. The molecule has 4 nitrogen and oxygen atoms in total. The van der Waals surface area contributed by atoms with Crippen LogP contribution in [-0.2, 0) is 5.75 Å². The van der Waals surface area contributed by atoms with Crippen LogP contribution in [0.15, 0.2) is 16.0 Å². The third-order valence-corrected chi connectivity index (χ3v) is 3.81. The summed E-state index contributed by atoms with van der Waals surface area (Å²) in [5, 5.41) is 11.6. The Morgan fingerprint density at radius 1 is 1.67 bits per heavy atom. The highest BCUT2D eigenvalue weighted by atomic mass is 32.2. The van der Waals surface area contributed by atoms with Crippen molar-refractivity contribution in [1.29, 1.82) is 0 Å². The lowest BCUT2D eigenvalue weighted by atomic mass is 10.4. The molecule has 12 heavy (non-hydrogen) atoms. The zero-order chi connectivity index (χ0) is 8.55. The van der Waals surface area contributed by atoms with Gasteiger partial charge in [0, 0.05) is 10.8 Å². The quantitative estimate of drug-likeness (QED) is 0.623.